The standard InChI is InChI=1S/C40H62N10O14/c51-33(52)23-31(47-11-7-41-5-9-43(25-35(55)56)13-15-45(17-19-47)27-37(59)60)39(63)49-21-22-50(30-4-2-1-3-29(30)49)40(64)32(24-34(53)54)48-12-8-42-6-10-44(26-36(57)58)14-16-46(18-20-48)28-38(61)62/h1-4,31-32,41-42H,5-28H2,(H,51,52)(H,53,54)(H,55,56)(H,57,58)(H,59,60)(H,61,62). The summed E-state index contributed by atoms with van der Waals surface area (Å²) in [4.78, 5) is 114. The molecule has 0 radical (unpaired) electrons. The number of rotatable bonds is 16. The van der Waals surface area contributed by atoms with Gasteiger partial charge in [-0.3, -0.25) is 67.8 Å². The molecule has 0 aliphatic carbocycles. The maximum Gasteiger partial charge on any atom is 0.317 e. The predicted octanol–water partition coefficient (Wildman–Crippen LogP) is -3.59. The van der Waals surface area contributed by atoms with Crippen molar-refractivity contribution < 1.29 is 69.0 Å². The van der Waals surface area contributed by atoms with Crippen molar-refractivity contribution in [1.82, 2.24) is 40.0 Å². The number of fused-ring (bicyclic) bond motifs is 1. The lowest BCUT2D eigenvalue weighted by atomic mass is 10.0. The average molecular weight is 907 g/mol. The minimum absolute atomic E-state index is 0.0745. The van der Waals surface area contributed by atoms with Crippen molar-refractivity contribution in [2.75, 3.05) is 154 Å². The van der Waals surface area contributed by atoms with Crippen LogP contribution in [-0.2, 0) is 38.4 Å². The van der Waals surface area contributed by atoms with Gasteiger partial charge in [0.25, 0.3) is 0 Å². The average Bonchev–Trinajstić information content (AvgIpc) is 3.21. The van der Waals surface area contributed by atoms with Crippen molar-refractivity contribution in [3.05, 3.63) is 24.3 Å². The number of nitrogens with zero attached hydrogens (tertiary/aromatic N) is 8. The zero-order valence-corrected chi connectivity index (χ0v) is 36.0. The number of carboxylic acid groups (broad SMARTS) is 6. The van der Waals surface area contributed by atoms with Crippen molar-refractivity contribution in [3.63, 3.8) is 0 Å². The second kappa shape index (κ2) is 25.8. The molecule has 2 atom stereocenters. The first-order valence-electron chi connectivity index (χ1n) is 21.3. The highest BCUT2D eigenvalue weighted by Crippen LogP contribution is 2.35. The Balaban J connectivity index is 1.60. The number of carbonyl (C=O) groups excluding carboxylic acids is 2. The SMILES string of the molecule is O=C(O)CC(C(=O)N1CCN(C(=O)C(CC(=O)O)N2CCNCCN(CC(=O)O)CCN(CC(=O)O)CC2)c2ccccc21)N1CCNCCN(CC(=O)O)CCN(CC(=O)O)CC1. The fourth-order valence-corrected chi connectivity index (χ4v) is 8.22. The van der Waals surface area contributed by atoms with Crippen LogP contribution in [0.2, 0.25) is 0 Å². The van der Waals surface area contributed by atoms with Crippen LogP contribution >= 0.6 is 0 Å². The molecule has 0 bridgehead atoms. The molecule has 0 spiro atoms. The Morgan fingerprint density at radius 3 is 1.02 bits per heavy atom. The molecule has 2 saturated heterocycles. The first-order valence-corrected chi connectivity index (χ1v) is 21.3. The maximum atomic E-state index is 14.7. The smallest absolute Gasteiger partial charge is 0.317 e. The number of hydrogen-bond donors (Lipinski definition) is 8. The van der Waals surface area contributed by atoms with Gasteiger partial charge in [0.1, 0.15) is 12.1 Å². The van der Waals surface area contributed by atoms with Crippen molar-refractivity contribution in [2.45, 2.75) is 24.9 Å². The van der Waals surface area contributed by atoms with Crippen LogP contribution < -0.4 is 20.4 Å². The number of anilines is 2. The highest BCUT2D eigenvalue weighted by Gasteiger charge is 2.40. The summed E-state index contributed by atoms with van der Waals surface area (Å²) >= 11 is 0. The van der Waals surface area contributed by atoms with Gasteiger partial charge in [-0.05, 0) is 12.1 Å². The van der Waals surface area contributed by atoms with Crippen molar-refractivity contribution in [3.8, 4) is 0 Å². The largest absolute Gasteiger partial charge is 0.481 e. The van der Waals surface area contributed by atoms with Crippen molar-refractivity contribution in [1.29, 1.82) is 0 Å². The molecular formula is C40H62N10O14. The number of para-hydroxylation sites is 2. The molecule has 356 valence electrons. The number of aliphatic carboxylic acids is 6. The predicted molar refractivity (Wildman–Crippen MR) is 228 cm³/mol. The summed E-state index contributed by atoms with van der Waals surface area (Å²) in [6.45, 7) is 2.51. The monoisotopic (exact) mass is 906 g/mol. The van der Waals surface area contributed by atoms with E-state index in [9.17, 15) is 69.0 Å². The Kier molecular flexibility index (Phi) is 20.7. The van der Waals surface area contributed by atoms with Gasteiger partial charge in [-0.2, -0.15) is 0 Å². The van der Waals surface area contributed by atoms with Crippen LogP contribution in [0.3, 0.4) is 0 Å². The zero-order valence-electron chi connectivity index (χ0n) is 36.0. The molecule has 0 aromatic heterocycles. The van der Waals surface area contributed by atoms with Gasteiger partial charge >= 0.3 is 35.8 Å². The molecule has 0 saturated carbocycles. The third kappa shape index (κ3) is 16.7. The Morgan fingerprint density at radius 1 is 0.406 bits per heavy atom. The Hall–Kier alpha value is -5.34. The van der Waals surface area contributed by atoms with E-state index in [-0.39, 0.29) is 105 Å². The molecule has 8 N–H and O–H groups in total. The minimum Gasteiger partial charge on any atom is -0.481 e. The lowest BCUT2D eigenvalue weighted by molar-refractivity contribution is -0.142. The van der Waals surface area contributed by atoms with E-state index in [1.165, 1.54) is 9.80 Å². The molecule has 4 rings (SSSR count). The molecule has 2 unspecified atom stereocenters. The molecule has 2 fully saturated rings. The first-order chi connectivity index (χ1) is 30.5. The van der Waals surface area contributed by atoms with Crippen LogP contribution in [0.15, 0.2) is 24.3 Å². The van der Waals surface area contributed by atoms with Crippen LogP contribution in [0, 0.1) is 0 Å². The van der Waals surface area contributed by atoms with E-state index in [1.807, 2.05) is 0 Å². The van der Waals surface area contributed by atoms with Gasteiger partial charge < -0.3 is 51.1 Å². The van der Waals surface area contributed by atoms with Crippen LogP contribution in [0.1, 0.15) is 12.8 Å². The lowest BCUT2D eigenvalue weighted by Crippen LogP contribution is -2.58. The number of hydrogen-bond acceptors (Lipinski definition) is 16. The van der Waals surface area contributed by atoms with Crippen LogP contribution in [0.4, 0.5) is 11.4 Å². The van der Waals surface area contributed by atoms with Crippen molar-refractivity contribution >= 4 is 59.0 Å². The minimum atomic E-state index is -1.25. The third-order valence-corrected chi connectivity index (χ3v) is 11.4. The second-order valence-corrected chi connectivity index (χ2v) is 15.9. The number of amides is 2. The van der Waals surface area contributed by atoms with Gasteiger partial charge in [0, 0.05) is 118 Å². The van der Waals surface area contributed by atoms with E-state index in [0.29, 0.717) is 50.6 Å². The zero-order chi connectivity index (χ0) is 46.8. The summed E-state index contributed by atoms with van der Waals surface area (Å²) in [5, 5.41) is 64.7. The summed E-state index contributed by atoms with van der Waals surface area (Å²) in [7, 11) is 0. The summed E-state index contributed by atoms with van der Waals surface area (Å²) in [5.74, 6) is -7.88. The molecule has 24 heteroatoms. The summed E-state index contributed by atoms with van der Waals surface area (Å²) < 4.78 is 0. The van der Waals surface area contributed by atoms with Gasteiger partial charge in [-0.15, -0.1) is 0 Å². The maximum absolute atomic E-state index is 14.7. The normalized spacial score (nSPS) is 20.2. The van der Waals surface area contributed by atoms with Crippen LogP contribution in [-0.4, -0.2) is 264 Å². The lowest BCUT2D eigenvalue weighted by Gasteiger charge is -2.42. The van der Waals surface area contributed by atoms with Gasteiger partial charge in [0.15, 0.2) is 0 Å². The van der Waals surface area contributed by atoms with E-state index in [1.54, 1.807) is 53.7 Å². The van der Waals surface area contributed by atoms with E-state index < -0.39 is 72.6 Å². The van der Waals surface area contributed by atoms with Gasteiger partial charge in [0.2, 0.25) is 11.8 Å². The highest BCUT2D eigenvalue weighted by molar-refractivity contribution is 6.08. The number of carbonyl (C=O) groups is 8. The van der Waals surface area contributed by atoms with Gasteiger partial charge in [0.05, 0.1) is 50.4 Å². The quantitative estimate of drug-likeness (QED) is 0.0795. The van der Waals surface area contributed by atoms with E-state index >= 15 is 0 Å². The third-order valence-electron chi connectivity index (χ3n) is 11.4. The fourth-order valence-electron chi connectivity index (χ4n) is 8.22. The fraction of sp³-hybridized carbons (Fsp3) is 0.650. The van der Waals surface area contributed by atoms with Crippen molar-refractivity contribution in [2.24, 2.45) is 0 Å². The van der Waals surface area contributed by atoms with Gasteiger partial charge in [-0.1, -0.05) is 12.1 Å². The number of nitrogens with one attached hydrogen (secondary N) is 2. The molecule has 3 heterocycles. The summed E-state index contributed by atoms with van der Waals surface area (Å²) in [6.07, 6.45) is -1.18. The Morgan fingerprint density at radius 2 is 0.703 bits per heavy atom. The van der Waals surface area contributed by atoms with Gasteiger partial charge in [-0.25, -0.2) is 0 Å². The van der Waals surface area contributed by atoms with Crippen LogP contribution in [0.5, 0.6) is 0 Å². The van der Waals surface area contributed by atoms with E-state index in [4.69, 9.17) is 0 Å². The molecule has 64 heavy (non-hydrogen) atoms. The van der Waals surface area contributed by atoms with Crippen LogP contribution in [0.25, 0.3) is 0 Å². The molecule has 1 aromatic carbocycles. The molecule has 2 amide bonds. The Labute approximate surface area is 370 Å². The van der Waals surface area contributed by atoms with E-state index in [0.717, 1.165) is 0 Å². The summed E-state index contributed by atoms with van der Waals surface area (Å²) in [5.41, 5.74) is 0.591. The number of carboxylic acids is 6. The van der Waals surface area contributed by atoms with E-state index in [2.05, 4.69) is 10.6 Å². The highest BCUT2D eigenvalue weighted by atomic mass is 16.4. The Bertz CT molecular complexity index is 1670. The molecule has 3 aliphatic rings. The summed E-state index contributed by atoms with van der Waals surface area (Å²) in [6, 6.07) is 4.11. The first kappa shape index (κ1) is 51.3. The molecule has 1 aromatic rings. The molecule has 24 nitrogen and oxygen atoms in total. The number of benzene rings is 1. The molecular weight excluding hydrogens is 844 g/mol. The molecule has 3 aliphatic heterocycles. The topological polar surface area (TPSA) is 308 Å². The second-order valence-electron chi connectivity index (χ2n) is 15.9.